The van der Waals surface area contributed by atoms with E-state index < -0.39 is 17.7 Å². The summed E-state index contributed by atoms with van der Waals surface area (Å²) in [7, 11) is 0. The lowest BCUT2D eigenvalue weighted by Crippen LogP contribution is -2.10. The first kappa shape index (κ1) is 11.5. The minimum Gasteiger partial charge on any atom is -0.461 e. The number of carbonyl (C=O) groups is 1. The van der Waals surface area contributed by atoms with Crippen LogP contribution in [0.4, 0.5) is 13.2 Å². The van der Waals surface area contributed by atoms with Gasteiger partial charge in [-0.2, -0.15) is 13.2 Å². The summed E-state index contributed by atoms with van der Waals surface area (Å²) >= 11 is 0. The lowest BCUT2D eigenvalue weighted by molar-refractivity contribution is -0.137. The van der Waals surface area contributed by atoms with Gasteiger partial charge in [0.25, 0.3) is 0 Å². The average molecular weight is 219 g/mol. The van der Waals surface area contributed by atoms with Crippen LogP contribution in [0, 0.1) is 0 Å². The molecule has 1 aromatic rings. The van der Waals surface area contributed by atoms with E-state index in [2.05, 4.69) is 9.72 Å². The van der Waals surface area contributed by atoms with E-state index in [9.17, 15) is 18.0 Å². The maximum absolute atomic E-state index is 12.1. The molecule has 15 heavy (non-hydrogen) atoms. The minimum absolute atomic E-state index is 0.134. The van der Waals surface area contributed by atoms with E-state index in [0.717, 1.165) is 12.1 Å². The Morgan fingerprint density at radius 1 is 1.47 bits per heavy atom. The van der Waals surface area contributed by atoms with Crippen LogP contribution >= 0.6 is 0 Å². The molecule has 0 fully saturated rings. The first-order valence-corrected chi connectivity index (χ1v) is 4.15. The van der Waals surface area contributed by atoms with Crippen molar-refractivity contribution in [2.24, 2.45) is 0 Å². The Bertz CT molecular complexity index is 345. The van der Waals surface area contributed by atoms with Crippen molar-refractivity contribution in [3.63, 3.8) is 0 Å². The smallest absolute Gasteiger partial charge is 0.417 e. The van der Waals surface area contributed by atoms with Gasteiger partial charge in [-0.05, 0) is 19.1 Å². The Hall–Kier alpha value is -1.59. The van der Waals surface area contributed by atoms with Gasteiger partial charge in [0.1, 0.15) is 5.69 Å². The van der Waals surface area contributed by atoms with Gasteiger partial charge in [-0.1, -0.05) is 0 Å². The average Bonchev–Trinajstić information content (AvgIpc) is 2.17. The lowest BCUT2D eigenvalue weighted by atomic mass is 10.2. The molecule has 0 aromatic carbocycles. The fraction of sp³-hybridized carbons (Fsp3) is 0.333. The number of hydrogen-bond acceptors (Lipinski definition) is 3. The van der Waals surface area contributed by atoms with E-state index in [0.29, 0.717) is 6.20 Å². The van der Waals surface area contributed by atoms with E-state index in [1.165, 1.54) is 0 Å². The molecule has 0 radical (unpaired) electrons. The quantitative estimate of drug-likeness (QED) is 0.716. The van der Waals surface area contributed by atoms with Gasteiger partial charge in [-0.3, -0.25) is 0 Å². The van der Waals surface area contributed by atoms with Crippen LogP contribution in [0.5, 0.6) is 0 Å². The van der Waals surface area contributed by atoms with Crippen LogP contribution < -0.4 is 0 Å². The Balaban J connectivity index is 2.86. The predicted octanol–water partition coefficient (Wildman–Crippen LogP) is 2.28. The molecule has 0 spiro atoms. The summed E-state index contributed by atoms with van der Waals surface area (Å²) in [5.74, 6) is -0.730. The molecule has 1 heterocycles. The Morgan fingerprint density at radius 3 is 2.53 bits per heavy atom. The van der Waals surface area contributed by atoms with Gasteiger partial charge in [-0.15, -0.1) is 0 Å². The number of carbonyl (C=O) groups excluding carboxylic acids is 1. The fourth-order valence-electron chi connectivity index (χ4n) is 0.887. The van der Waals surface area contributed by atoms with E-state index in [1.807, 2.05) is 0 Å². The van der Waals surface area contributed by atoms with Gasteiger partial charge >= 0.3 is 12.1 Å². The maximum atomic E-state index is 12.1. The summed E-state index contributed by atoms with van der Waals surface area (Å²) in [5.41, 5.74) is -1.03. The normalized spacial score (nSPS) is 11.2. The molecule has 0 aliphatic carbocycles. The van der Waals surface area contributed by atoms with Gasteiger partial charge in [0, 0.05) is 6.20 Å². The number of hydrogen-bond donors (Lipinski definition) is 0. The van der Waals surface area contributed by atoms with Crippen molar-refractivity contribution in [2.45, 2.75) is 13.1 Å². The number of pyridine rings is 1. The molecule has 0 bridgehead atoms. The second-order valence-electron chi connectivity index (χ2n) is 2.65. The van der Waals surface area contributed by atoms with Gasteiger partial charge in [-0.25, -0.2) is 9.78 Å². The molecule has 0 aliphatic rings. The third kappa shape index (κ3) is 2.93. The monoisotopic (exact) mass is 219 g/mol. The summed E-state index contributed by atoms with van der Waals surface area (Å²) in [6.07, 6.45) is -3.84. The zero-order valence-electron chi connectivity index (χ0n) is 7.84. The molecule has 0 unspecified atom stereocenters. The molecular formula is C9H8F3NO2. The molecule has 82 valence electrons. The third-order valence-electron chi connectivity index (χ3n) is 1.58. The summed E-state index contributed by atoms with van der Waals surface area (Å²) in [6, 6.07) is 1.78. The minimum atomic E-state index is -4.44. The Kier molecular flexibility index (Phi) is 3.28. The second kappa shape index (κ2) is 4.29. The maximum Gasteiger partial charge on any atom is 0.417 e. The van der Waals surface area contributed by atoms with Crippen LogP contribution in [0.3, 0.4) is 0 Å². The standard InChI is InChI=1S/C9H8F3NO2/c1-2-15-8(14)7-4-3-6(5-13-7)9(10,11)12/h3-5H,2H2,1H3. The van der Waals surface area contributed by atoms with E-state index in [1.54, 1.807) is 6.92 Å². The van der Waals surface area contributed by atoms with Crippen LogP contribution in [0.2, 0.25) is 0 Å². The van der Waals surface area contributed by atoms with E-state index >= 15 is 0 Å². The predicted molar refractivity (Wildman–Crippen MR) is 45.2 cm³/mol. The molecule has 0 aliphatic heterocycles. The molecule has 0 atom stereocenters. The highest BCUT2D eigenvalue weighted by molar-refractivity contribution is 5.87. The number of rotatable bonds is 2. The topological polar surface area (TPSA) is 39.2 Å². The van der Waals surface area contributed by atoms with Crippen molar-refractivity contribution < 1.29 is 22.7 Å². The van der Waals surface area contributed by atoms with Crippen molar-refractivity contribution in [3.8, 4) is 0 Å². The summed E-state index contributed by atoms with van der Waals surface area (Å²) in [6.45, 7) is 1.75. The molecule has 3 nitrogen and oxygen atoms in total. The summed E-state index contributed by atoms with van der Waals surface area (Å²) < 4.78 is 40.9. The van der Waals surface area contributed by atoms with Crippen molar-refractivity contribution in [2.75, 3.05) is 6.61 Å². The first-order chi connectivity index (χ1) is 6.95. The lowest BCUT2D eigenvalue weighted by Gasteiger charge is -2.06. The molecule has 0 amide bonds. The second-order valence-corrected chi connectivity index (χ2v) is 2.65. The number of alkyl halides is 3. The number of aromatic nitrogens is 1. The summed E-state index contributed by atoms with van der Waals surface area (Å²) in [4.78, 5) is 14.4. The van der Waals surface area contributed by atoms with Crippen LogP contribution in [0.15, 0.2) is 18.3 Å². The zero-order valence-corrected chi connectivity index (χ0v) is 7.84. The zero-order chi connectivity index (χ0) is 11.5. The molecular weight excluding hydrogens is 211 g/mol. The Morgan fingerprint density at radius 2 is 2.13 bits per heavy atom. The van der Waals surface area contributed by atoms with Gasteiger partial charge in [0.05, 0.1) is 12.2 Å². The molecule has 0 saturated carbocycles. The van der Waals surface area contributed by atoms with Crippen molar-refractivity contribution in [1.29, 1.82) is 0 Å². The van der Waals surface area contributed by atoms with E-state index in [4.69, 9.17) is 0 Å². The number of nitrogens with zero attached hydrogens (tertiary/aromatic N) is 1. The third-order valence-corrected chi connectivity index (χ3v) is 1.58. The molecule has 1 rings (SSSR count). The van der Waals surface area contributed by atoms with E-state index in [-0.39, 0.29) is 12.3 Å². The molecule has 0 N–H and O–H groups in total. The fourth-order valence-corrected chi connectivity index (χ4v) is 0.887. The van der Waals surface area contributed by atoms with Crippen molar-refractivity contribution >= 4 is 5.97 Å². The van der Waals surface area contributed by atoms with Crippen LogP contribution in [0.1, 0.15) is 23.0 Å². The van der Waals surface area contributed by atoms with Gasteiger partial charge in [0.15, 0.2) is 0 Å². The highest BCUT2D eigenvalue weighted by atomic mass is 19.4. The Labute approximate surface area is 83.9 Å². The van der Waals surface area contributed by atoms with Gasteiger partial charge < -0.3 is 4.74 Å². The van der Waals surface area contributed by atoms with Crippen molar-refractivity contribution in [3.05, 3.63) is 29.6 Å². The summed E-state index contributed by atoms with van der Waals surface area (Å²) in [5, 5.41) is 0. The largest absolute Gasteiger partial charge is 0.461 e. The molecule has 1 aromatic heterocycles. The van der Waals surface area contributed by atoms with Crippen molar-refractivity contribution in [1.82, 2.24) is 4.98 Å². The number of halogens is 3. The highest BCUT2D eigenvalue weighted by Gasteiger charge is 2.30. The van der Waals surface area contributed by atoms with Crippen LogP contribution in [-0.4, -0.2) is 17.6 Å². The van der Waals surface area contributed by atoms with Crippen LogP contribution in [-0.2, 0) is 10.9 Å². The highest BCUT2D eigenvalue weighted by Crippen LogP contribution is 2.28. The SMILES string of the molecule is CCOC(=O)c1ccc(C(F)(F)F)cn1. The molecule has 0 saturated heterocycles. The number of esters is 1. The number of ether oxygens (including phenoxy) is 1. The van der Waals surface area contributed by atoms with Gasteiger partial charge in [0.2, 0.25) is 0 Å². The molecule has 6 heteroatoms. The first-order valence-electron chi connectivity index (χ1n) is 4.15. The van der Waals surface area contributed by atoms with Crippen LogP contribution in [0.25, 0.3) is 0 Å².